The van der Waals surface area contributed by atoms with E-state index in [1.807, 2.05) is 13.8 Å². The van der Waals surface area contributed by atoms with Crippen LogP contribution in [0.2, 0.25) is 5.02 Å². The second-order valence-corrected chi connectivity index (χ2v) is 4.40. The number of halogens is 2. The first-order valence-electron chi connectivity index (χ1n) is 6.25. The number of nitrogens with two attached hydrogens (primary N) is 1. The second kappa shape index (κ2) is 8.45. The lowest BCUT2D eigenvalue weighted by atomic mass is 10.1. The first-order chi connectivity index (χ1) is 9.12. The van der Waals surface area contributed by atoms with Crippen molar-refractivity contribution >= 4 is 11.6 Å². The summed E-state index contributed by atoms with van der Waals surface area (Å²) in [6, 6.07) is 3.93. The number of hydrogen-bond acceptors (Lipinski definition) is 4. The van der Waals surface area contributed by atoms with Crippen molar-refractivity contribution in [3.8, 4) is 0 Å². The van der Waals surface area contributed by atoms with Crippen molar-refractivity contribution in [2.24, 2.45) is 5.84 Å². The number of nitrogens with one attached hydrogen (secondary N) is 1. The Labute approximate surface area is 118 Å². The summed E-state index contributed by atoms with van der Waals surface area (Å²) >= 11 is 6.04. The van der Waals surface area contributed by atoms with Crippen molar-refractivity contribution in [1.29, 1.82) is 0 Å². The van der Waals surface area contributed by atoms with Gasteiger partial charge in [0.05, 0.1) is 6.04 Å². The van der Waals surface area contributed by atoms with Gasteiger partial charge in [0.25, 0.3) is 0 Å². The van der Waals surface area contributed by atoms with E-state index in [2.05, 4.69) is 5.43 Å². The summed E-state index contributed by atoms with van der Waals surface area (Å²) in [7, 11) is 0. The largest absolute Gasteiger partial charge is 0.351 e. The zero-order valence-electron chi connectivity index (χ0n) is 11.2. The minimum Gasteiger partial charge on any atom is -0.351 e. The molecule has 1 atom stereocenters. The van der Waals surface area contributed by atoms with E-state index in [4.69, 9.17) is 26.9 Å². The van der Waals surface area contributed by atoms with E-state index in [-0.39, 0.29) is 11.9 Å². The van der Waals surface area contributed by atoms with Gasteiger partial charge in [0, 0.05) is 18.2 Å². The molecule has 3 N–H and O–H groups in total. The number of rotatable bonds is 8. The van der Waals surface area contributed by atoms with Gasteiger partial charge in [0.2, 0.25) is 0 Å². The first-order valence-corrected chi connectivity index (χ1v) is 6.63. The molecule has 0 bridgehead atoms. The third kappa shape index (κ3) is 5.04. The molecule has 19 heavy (non-hydrogen) atoms. The summed E-state index contributed by atoms with van der Waals surface area (Å²) < 4.78 is 24.2. The van der Waals surface area contributed by atoms with Crippen molar-refractivity contribution < 1.29 is 13.9 Å². The van der Waals surface area contributed by atoms with Crippen LogP contribution in [0.25, 0.3) is 0 Å². The van der Waals surface area contributed by atoms with Crippen LogP contribution < -0.4 is 11.3 Å². The predicted molar refractivity (Wildman–Crippen MR) is 73.3 cm³/mol. The SMILES string of the molecule is CCOC(OCC)C(Cc1cc(F)ccc1Cl)NN. The van der Waals surface area contributed by atoms with E-state index in [0.717, 1.165) is 0 Å². The third-order valence-electron chi connectivity index (χ3n) is 2.65. The van der Waals surface area contributed by atoms with Crippen LogP contribution in [-0.2, 0) is 15.9 Å². The molecule has 0 saturated heterocycles. The van der Waals surface area contributed by atoms with Gasteiger partial charge >= 0.3 is 0 Å². The topological polar surface area (TPSA) is 56.5 Å². The quantitative estimate of drug-likeness (QED) is 0.438. The lowest BCUT2D eigenvalue weighted by molar-refractivity contribution is -0.153. The Balaban J connectivity index is 2.81. The van der Waals surface area contributed by atoms with Crippen LogP contribution in [0.1, 0.15) is 19.4 Å². The Morgan fingerprint density at radius 3 is 2.47 bits per heavy atom. The summed E-state index contributed by atoms with van der Waals surface area (Å²) in [5.41, 5.74) is 3.30. The Morgan fingerprint density at radius 1 is 1.32 bits per heavy atom. The number of hydrazine groups is 1. The fourth-order valence-corrected chi connectivity index (χ4v) is 1.97. The highest BCUT2D eigenvalue weighted by molar-refractivity contribution is 6.31. The van der Waals surface area contributed by atoms with Gasteiger partial charge in [0.1, 0.15) is 5.82 Å². The third-order valence-corrected chi connectivity index (χ3v) is 3.02. The molecular weight excluding hydrogens is 271 g/mol. The smallest absolute Gasteiger partial charge is 0.174 e. The first kappa shape index (κ1) is 16.3. The zero-order chi connectivity index (χ0) is 14.3. The zero-order valence-corrected chi connectivity index (χ0v) is 11.9. The maximum atomic E-state index is 13.2. The van der Waals surface area contributed by atoms with Crippen LogP contribution in [0.5, 0.6) is 0 Å². The maximum absolute atomic E-state index is 13.2. The van der Waals surface area contributed by atoms with E-state index < -0.39 is 6.29 Å². The molecule has 1 aromatic rings. The monoisotopic (exact) mass is 290 g/mol. The molecule has 1 aromatic carbocycles. The van der Waals surface area contributed by atoms with Crippen LogP contribution in [0.3, 0.4) is 0 Å². The summed E-state index contributed by atoms with van der Waals surface area (Å²) in [5.74, 6) is 5.19. The molecule has 0 aliphatic heterocycles. The minimum absolute atomic E-state index is 0.306. The molecule has 1 unspecified atom stereocenters. The molecule has 0 amide bonds. The van der Waals surface area contributed by atoms with Gasteiger partial charge in [-0.25, -0.2) is 4.39 Å². The molecule has 6 heteroatoms. The van der Waals surface area contributed by atoms with Crippen LogP contribution in [0, 0.1) is 5.82 Å². The van der Waals surface area contributed by atoms with E-state index in [1.54, 1.807) is 0 Å². The van der Waals surface area contributed by atoms with Gasteiger partial charge in [-0.2, -0.15) is 0 Å². The predicted octanol–water partition coefficient (Wildman–Crippen LogP) is 2.25. The minimum atomic E-state index is -0.501. The Bertz CT molecular complexity index is 387. The molecule has 0 fully saturated rings. The average molecular weight is 291 g/mol. The van der Waals surface area contributed by atoms with Crippen LogP contribution in [-0.4, -0.2) is 25.5 Å². The Hall–Kier alpha value is -0.720. The molecule has 4 nitrogen and oxygen atoms in total. The molecule has 0 aliphatic rings. The number of hydrogen-bond donors (Lipinski definition) is 2. The molecule has 108 valence electrons. The van der Waals surface area contributed by atoms with Gasteiger partial charge in [-0.05, 0) is 44.0 Å². The van der Waals surface area contributed by atoms with Gasteiger partial charge in [-0.3, -0.25) is 11.3 Å². The van der Waals surface area contributed by atoms with Crippen LogP contribution >= 0.6 is 11.6 Å². The molecule has 0 spiro atoms. The normalized spacial score (nSPS) is 12.9. The summed E-state index contributed by atoms with van der Waals surface area (Å²) in [5, 5.41) is 0.494. The highest BCUT2D eigenvalue weighted by Crippen LogP contribution is 2.20. The van der Waals surface area contributed by atoms with E-state index >= 15 is 0 Å². The second-order valence-electron chi connectivity index (χ2n) is 3.99. The van der Waals surface area contributed by atoms with E-state index in [9.17, 15) is 4.39 Å². The maximum Gasteiger partial charge on any atom is 0.174 e. The van der Waals surface area contributed by atoms with Gasteiger partial charge in [0.15, 0.2) is 6.29 Å². The van der Waals surface area contributed by atoms with Crippen molar-refractivity contribution in [2.45, 2.75) is 32.6 Å². The van der Waals surface area contributed by atoms with Crippen LogP contribution in [0.15, 0.2) is 18.2 Å². The van der Waals surface area contributed by atoms with Gasteiger partial charge in [-0.1, -0.05) is 11.6 Å². The van der Waals surface area contributed by atoms with Crippen molar-refractivity contribution in [2.75, 3.05) is 13.2 Å². The van der Waals surface area contributed by atoms with Crippen molar-refractivity contribution in [3.05, 3.63) is 34.6 Å². The van der Waals surface area contributed by atoms with E-state index in [0.29, 0.717) is 30.2 Å². The number of ether oxygens (including phenoxy) is 2. The molecule has 1 rings (SSSR count). The lowest BCUT2D eigenvalue weighted by Gasteiger charge is -2.26. The summed E-state index contributed by atoms with van der Waals surface area (Å²) in [6.07, 6.45) is -0.0862. The highest BCUT2D eigenvalue weighted by atomic mass is 35.5. The fraction of sp³-hybridized carbons (Fsp3) is 0.538. The average Bonchev–Trinajstić information content (AvgIpc) is 2.39. The Morgan fingerprint density at radius 2 is 1.95 bits per heavy atom. The number of benzene rings is 1. The molecule has 0 aromatic heterocycles. The summed E-state index contributed by atoms with van der Waals surface area (Å²) in [4.78, 5) is 0. The molecule has 0 radical (unpaired) electrons. The molecular formula is C13H20ClFN2O2. The standard InChI is InChI=1S/C13H20ClFN2O2/c1-3-18-13(19-4-2)12(17-16)8-9-7-10(15)5-6-11(9)14/h5-7,12-13,17H,3-4,8,16H2,1-2H3. The molecule has 0 heterocycles. The van der Waals surface area contributed by atoms with E-state index in [1.165, 1.54) is 18.2 Å². The lowest BCUT2D eigenvalue weighted by Crippen LogP contribution is -2.48. The van der Waals surface area contributed by atoms with Gasteiger partial charge in [-0.15, -0.1) is 0 Å². The Kier molecular flexibility index (Phi) is 7.27. The summed E-state index contributed by atoms with van der Waals surface area (Å²) in [6.45, 7) is 4.74. The highest BCUT2D eigenvalue weighted by Gasteiger charge is 2.22. The van der Waals surface area contributed by atoms with Crippen LogP contribution in [0.4, 0.5) is 4.39 Å². The van der Waals surface area contributed by atoms with Gasteiger partial charge < -0.3 is 9.47 Å². The van der Waals surface area contributed by atoms with Crippen molar-refractivity contribution in [3.63, 3.8) is 0 Å². The molecule has 0 aliphatic carbocycles. The molecule has 0 saturated carbocycles. The van der Waals surface area contributed by atoms with Crippen molar-refractivity contribution in [1.82, 2.24) is 5.43 Å². The fourth-order valence-electron chi connectivity index (χ4n) is 1.78.